The van der Waals surface area contributed by atoms with E-state index in [2.05, 4.69) is 10.2 Å². The summed E-state index contributed by atoms with van der Waals surface area (Å²) in [5.74, 6) is 0.740. The Balaban J connectivity index is 1.96. The highest BCUT2D eigenvalue weighted by Gasteiger charge is 2.30. The minimum absolute atomic E-state index is 0.534. The summed E-state index contributed by atoms with van der Waals surface area (Å²) in [7, 11) is 0. The molecule has 92 valence electrons. The lowest BCUT2D eigenvalue weighted by molar-refractivity contribution is -0.693. The summed E-state index contributed by atoms with van der Waals surface area (Å²) in [6.45, 7) is 2.56. The van der Waals surface area contributed by atoms with Crippen LogP contribution in [-0.2, 0) is 6.54 Å². The van der Waals surface area contributed by atoms with Gasteiger partial charge in [-0.05, 0) is 12.5 Å². The first-order valence-corrected chi connectivity index (χ1v) is 5.98. The molecular formula is C13H15N4O+. The van der Waals surface area contributed by atoms with Crippen molar-refractivity contribution >= 4 is 5.71 Å². The van der Waals surface area contributed by atoms with E-state index >= 15 is 0 Å². The van der Waals surface area contributed by atoms with Gasteiger partial charge in [0.25, 0.3) is 12.2 Å². The molecule has 0 spiro atoms. The molecule has 1 atom stereocenters. The van der Waals surface area contributed by atoms with Crippen molar-refractivity contribution < 1.29 is 9.78 Å². The molecular weight excluding hydrogens is 228 g/mol. The number of rotatable bonds is 2. The average molecular weight is 243 g/mol. The van der Waals surface area contributed by atoms with E-state index < -0.39 is 6.10 Å². The van der Waals surface area contributed by atoms with E-state index in [0.717, 1.165) is 17.1 Å². The third kappa shape index (κ3) is 1.93. The van der Waals surface area contributed by atoms with Crippen LogP contribution in [0.25, 0.3) is 0 Å². The summed E-state index contributed by atoms with van der Waals surface area (Å²) in [4.78, 5) is 0. The minimum Gasteiger partial charge on any atom is -0.381 e. The first-order valence-electron chi connectivity index (χ1n) is 5.98. The Bertz CT molecular complexity index is 588. The van der Waals surface area contributed by atoms with E-state index in [1.807, 2.05) is 37.3 Å². The highest BCUT2D eigenvalue weighted by molar-refractivity contribution is 5.82. The standard InChI is InChI=1S/C13H15N4O/c1-10-7-12(18)13-16(14-9-17(13)15-10)8-11-5-3-2-4-6-11/h2-6,9,12,18H,7-8H2,1H3/q+1. The monoisotopic (exact) mass is 243 g/mol. The van der Waals surface area contributed by atoms with Gasteiger partial charge in [-0.15, -0.1) is 14.5 Å². The van der Waals surface area contributed by atoms with Crippen LogP contribution >= 0.6 is 0 Å². The second-order valence-corrected chi connectivity index (χ2v) is 4.53. The summed E-state index contributed by atoms with van der Waals surface area (Å²) in [6, 6.07) is 10.1. The molecule has 1 aliphatic rings. The molecule has 1 aromatic heterocycles. The zero-order chi connectivity index (χ0) is 12.5. The van der Waals surface area contributed by atoms with Gasteiger partial charge in [0.2, 0.25) is 0 Å². The summed E-state index contributed by atoms with van der Waals surface area (Å²) in [5.41, 5.74) is 2.07. The number of nitrogens with zero attached hydrogens (tertiary/aromatic N) is 4. The van der Waals surface area contributed by atoms with Gasteiger partial charge in [-0.1, -0.05) is 30.3 Å². The van der Waals surface area contributed by atoms with Gasteiger partial charge in [-0.3, -0.25) is 0 Å². The quantitative estimate of drug-likeness (QED) is 0.796. The number of hydrogen-bond acceptors (Lipinski definition) is 3. The molecule has 18 heavy (non-hydrogen) atoms. The smallest absolute Gasteiger partial charge is 0.289 e. The van der Waals surface area contributed by atoms with Crippen molar-refractivity contribution in [2.75, 3.05) is 0 Å². The van der Waals surface area contributed by atoms with Crippen LogP contribution in [0, 0.1) is 0 Å². The van der Waals surface area contributed by atoms with Crippen LogP contribution in [0.1, 0.15) is 30.8 Å². The Morgan fingerprint density at radius 1 is 1.39 bits per heavy atom. The largest absolute Gasteiger partial charge is 0.381 e. The van der Waals surface area contributed by atoms with Gasteiger partial charge in [0.15, 0.2) is 0 Å². The average Bonchev–Trinajstić information content (AvgIpc) is 2.73. The first kappa shape index (κ1) is 11.1. The molecule has 3 rings (SSSR count). The van der Waals surface area contributed by atoms with Crippen molar-refractivity contribution in [3.8, 4) is 0 Å². The highest BCUT2D eigenvalue weighted by atomic mass is 16.3. The van der Waals surface area contributed by atoms with Crippen LogP contribution in [0.2, 0.25) is 0 Å². The molecule has 1 unspecified atom stereocenters. The predicted octanol–water partition coefficient (Wildman–Crippen LogP) is 0.880. The molecule has 0 bridgehead atoms. The van der Waals surface area contributed by atoms with Crippen molar-refractivity contribution in [1.82, 2.24) is 9.78 Å². The maximum Gasteiger partial charge on any atom is 0.289 e. The van der Waals surface area contributed by atoms with Crippen molar-refractivity contribution in [2.24, 2.45) is 5.10 Å². The number of aliphatic hydroxyl groups excluding tert-OH is 1. The Labute approximate surface area is 105 Å². The van der Waals surface area contributed by atoms with Gasteiger partial charge in [-0.2, -0.15) is 0 Å². The fourth-order valence-electron chi connectivity index (χ4n) is 2.22. The number of aromatic nitrogens is 3. The van der Waals surface area contributed by atoms with E-state index in [4.69, 9.17) is 0 Å². The second kappa shape index (κ2) is 4.34. The normalized spacial score (nSPS) is 18.3. The lowest BCUT2D eigenvalue weighted by atomic mass is 10.1. The van der Waals surface area contributed by atoms with Crippen molar-refractivity contribution in [2.45, 2.75) is 26.0 Å². The molecule has 5 heteroatoms. The van der Waals surface area contributed by atoms with Gasteiger partial charge in [0.1, 0.15) is 12.6 Å². The Kier molecular flexibility index (Phi) is 2.68. The van der Waals surface area contributed by atoms with E-state index in [0.29, 0.717) is 13.0 Å². The molecule has 0 fully saturated rings. The third-order valence-electron chi connectivity index (χ3n) is 3.04. The summed E-state index contributed by atoms with van der Waals surface area (Å²) in [6.07, 6.45) is 1.68. The summed E-state index contributed by atoms with van der Waals surface area (Å²) in [5, 5.41) is 18.8. The molecule has 1 aliphatic heterocycles. The number of benzene rings is 1. The van der Waals surface area contributed by atoms with Gasteiger partial charge in [0, 0.05) is 11.5 Å². The zero-order valence-electron chi connectivity index (χ0n) is 10.2. The Hall–Kier alpha value is -2.01. The van der Waals surface area contributed by atoms with Crippen LogP contribution in [0.4, 0.5) is 0 Å². The Morgan fingerprint density at radius 2 is 2.17 bits per heavy atom. The highest BCUT2D eigenvalue weighted by Crippen LogP contribution is 2.17. The van der Waals surface area contributed by atoms with Gasteiger partial charge >= 0.3 is 0 Å². The van der Waals surface area contributed by atoms with Crippen molar-refractivity contribution in [1.29, 1.82) is 0 Å². The molecule has 2 aromatic rings. The lowest BCUT2D eigenvalue weighted by Gasteiger charge is -2.12. The molecule has 0 radical (unpaired) electrons. The van der Waals surface area contributed by atoms with Gasteiger partial charge < -0.3 is 5.11 Å². The number of aliphatic hydroxyl groups is 1. The number of hydrogen-bond donors (Lipinski definition) is 1. The van der Waals surface area contributed by atoms with Crippen molar-refractivity contribution in [3.63, 3.8) is 0 Å². The maximum absolute atomic E-state index is 10.1. The maximum atomic E-state index is 10.1. The van der Waals surface area contributed by atoms with Crippen LogP contribution < -0.4 is 4.68 Å². The van der Waals surface area contributed by atoms with Crippen molar-refractivity contribution in [3.05, 3.63) is 48.0 Å². The first-order chi connectivity index (χ1) is 8.74. The van der Waals surface area contributed by atoms with E-state index in [1.54, 1.807) is 15.7 Å². The number of fused-ring (bicyclic) bond motifs is 1. The molecule has 0 saturated carbocycles. The predicted molar refractivity (Wildman–Crippen MR) is 66.0 cm³/mol. The fraction of sp³-hybridized carbons (Fsp3) is 0.308. The lowest BCUT2D eigenvalue weighted by Crippen LogP contribution is -2.39. The molecule has 0 aliphatic carbocycles. The van der Waals surface area contributed by atoms with Gasteiger partial charge in [-0.25, -0.2) is 0 Å². The summed E-state index contributed by atoms with van der Waals surface area (Å²) < 4.78 is 3.46. The van der Waals surface area contributed by atoms with Gasteiger partial charge in [0.05, 0.1) is 5.71 Å². The Morgan fingerprint density at radius 3 is 2.94 bits per heavy atom. The molecule has 5 nitrogen and oxygen atoms in total. The topological polar surface area (TPSA) is 54.3 Å². The van der Waals surface area contributed by atoms with E-state index in [9.17, 15) is 5.11 Å². The zero-order valence-corrected chi connectivity index (χ0v) is 10.2. The van der Waals surface area contributed by atoms with Crippen LogP contribution in [0.5, 0.6) is 0 Å². The SMILES string of the molecule is CC1=N[n+]2cnn(Cc3ccccc3)c2C(O)C1. The summed E-state index contributed by atoms with van der Waals surface area (Å²) >= 11 is 0. The molecule has 2 heterocycles. The minimum atomic E-state index is -0.534. The van der Waals surface area contributed by atoms with Crippen LogP contribution in [0.3, 0.4) is 0 Å². The molecule has 0 amide bonds. The van der Waals surface area contributed by atoms with Crippen LogP contribution in [-0.4, -0.2) is 20.6 Å². The van der Waals surface area contributed by atoms with Crippen LogP contribution in [0.15, 0.2) is 41.8 Å². The molecule has 1 aromatic carbocycles. The molecule has 0 saturated heterocycles. The van der Waals surface area contributed by atoms with E-state index in [1.165, 1.54) is 0 Å². The second-order valence-electron chi connectivity index (χ2n) is 4.53. The third-order valence-corrected chi connectivity index (χ3v) is 3.04. The molecule has 1 N–H and O–H groups in total. The fourth-order valence-corrected chi connectivity index (χ4v) is 2.22. The van der Waals surface area contributed by atoms with E-state index in [-0.39, 0.29) is 0 Å².